The van der Waals surface area contributed by atoms with Crippen LogP contribution in [0.4, 0.5) is 0 Å². The Balaban J connectivity index is 2.35. The summed E-state index contributed by atoms with van der Waals surface area (Å²) in [5.74, 6) is 12.8. The predicted molar refractivity (Wildman–Crippen MR) is 104 cm³/mol. The molecule has 0 heterocycles. The van der Waals surface area contributed by atoms with Crippen molar-refractivity contribution in [2.75, 3.05) is 0 Å². The van der Waals surface area contributed by atoms with Crippen molar-refractivity contribution in [2.45, 2.75) is 13.8 Å². The van der Waals surface area contributed by atoms with Crippen LogP contribution in [0.2, 0.25) is 0 Å². The van der Waals surface area contributed by atoms with Gasteiger partial charge in [0.2, 0.25) is 0 Å². The fourth-order valence-electron chi connectivity index (χ4n) is 3.38. The van der Waals surface area contributed by atoms with Crippen molar-refractivity contribution in [3.63, 3.8) is 0 Å². The summed E-state index contributed by atoms with van der Waals surface area (Å²) < 4.78 is 0. The highest BCUT2D eigenvalue weighted by Crippen LogP contribution is 2.34. The molecular formula is C24H16. The number of hydrogen-bond acceptors (Lipinski definition) is 0. The summed E-state index contributed by atoms with van der Waals surface area (Å²) in [6.07, 6.45) is 0. The van der Waals surface area contributed by atoms with Gasteiger partial charge in [-0.1, -0.05) is 60.4 Å². The van der Waals surface area contributed by atoms with Crippen molar-refractivity contribution in [3.05, 3.63) is 71.8 Å². The number of benzene rings is 4. The average molecular weight is 304 g/mol. The molecule has 0 atom stereocenters. The maximum absolute atomic E-state index is 3.33. The standard InChI is InChI=1S/C24H16/c1-3-9-19-21-13-7-8-14-22(21)20(10-4-2)24-16-18-12-6-5-11-17(18)15-23(19)24/h5-8,11-16H,1-2H3. The quantitative estimate of drug-likeness (QED) is 0.281. The smallest absolute Gasteiger partial charge is 0.0403 e. The monoisotopic (exact) mass is 304 g/mol. The van der Waals surface area contributed by atoms with Crippen molar-refractivity contribution in [1.29, 1.82) is 0 Å². The zero-order valence-corrected chi connectivity index (χ0v) is 13.8. The lowest BCUT2D eigenvalue weighted by atomic mass is 9.90. The van der Waals surface area contributed by atoms with Crippen LogP contribution in [-0.4, -0.2) is 0 Å². The molecule has 0 saturated heterocycles. The Morgan fingerprint density at radius 1 is 0.542 bits per heavy atom. The zero-order chi connectivity index (χ0) is 16.5. The highest BCUT2D eigenvalue weighted by atomic mass is 14.1. The molecule has 0 N–H and O–H groups in total. The SMILES string of the molecule is CC#Cc1c2ccccc2c(C#CC)c2cc3ccccc3cc12. The fourth-order valence-corrected chi connectivity index (χ4v) is 3.38. The van der Waals surface area contributed by atoms with Crippen LogP contribution < -0.4 is 0 Å². The summed E-state index contributed by atoms with van der Waals surface area (Å²) in [4.78, 5) is 0. The van der Waals surface area contributed by atoms with Crippen LogP contribution in [-0.2, 0) is 0 Å². The Kier molecular flexibility index (Phi) is 3.45. The van der Waals surface area contributed by atoms with Gasteiger partial charge in [-0.25, -0.2) is 0 Å². The molecule has 0 saturated carbocycles. The molecule has 4 rings (SSSR count). The molecule has 0 aliphatic rings. The minimum absolute atomic E-state index is 1.09. The highest BCUT2D eigenvalue weighted by molar-refractivity contribution is 6.13. The topological polar surface area (TPSA) is 0 Å². The lowest BCUT2D eigenvalue weighted by Crippen LogP contribution is -1.91. The Morgan fingerprint density at radius 2 is 0.958 bits per heavy atom. The molecule has 0 unspecified atom stereocenters. The third-order valence-corrected chi connectivity index (χ3v) is 4.39. The molecule has 0 aliphatic carbocycles. The summed E-state index contributed by atoms with van der Waals surface area (Å²) in [6, 6.07) is 21.4. The second kappa shape index (κ2) is 5.77. The van der Waals surface area contributed by atoms with E-state index in [4.69, 9.17) is 0 Å². The first-order valence-corrected chi connectivity index (χ1v) is 8.06. The van der Waals surface area contributed by atoms with Gasteiger partial charge in [-0.2, -0.15) is 0 Å². The van der Waals surface area contributed by atoms with Gasteiger partial charge >= 0.3 is 0 Å². The maximum Gasteiger partial charge on any atom is 0.0403 e. The van der Waals surface area contributed by atoms with Gasteiger partial charge in [0.25, 0.3) is 0 Å². The van der Waals surface area contributed by atoms with Crippen LogP contribution >= 0.6 is 0 Å². The van der Waals surface area contributed by atoms with E-state index in [0.29, 0.717) is 0 Å². The third kappa shape index (κ3) is 2.13. The van der Waals surface area contributed by atoms with Gasteiger partial charge < -0.3 is 0 Å². The Bertz CT molecular complexity index is 1120. The fraction of sp³-hybridized carbons (Fsp3) is 0.0833. The van der Waals surface area contributed by atoms with Crippen LogP contribution in [0.5, 0.6) is 0 Å². The summed E-state index contributed by atoms with van der Waals surface area (Å²) in [5.41, 5.74) is 2.19. The first-order valence-electron chi connectivity index (χ1n) is 8.06. The van der Waals surface area contributed by atoms with Crippen LogP contribution in [0.15, 0.2) is 60.7 Å². The van der Waals surface area contributed by atoms with Crippen molar-refractivity contribution >= 4 is 32.3 Å². The molecule has 0 fully saturated rings. The van der Waals surface area contributed by atoms with E-state index in [2.05, 4.69) is 84.3 Å². The second-order valence-electron chi connectivity index (χ2n) is 5.79. The van der Waals surface area contributed by atoms with Crippen molar-refractivity contribution in [3.8, 4) is 23.7 Å². The molecular weight excluding hydrogens is 288 g/mol. The van der Waals surface area contributed by atoms with E-state index < -0.39 is 0 Å². The zero-order valence-electron chi connectivity index (χ0n) is 13.8. The van der Waals surface area contributed by atoms with Gasteiger partial charge in [0, 0.05) is 11.1 Å². The third-order valence-electron chi connectivity index (χ3n) is 4.39. The highest BCUT2D eigenvalue weighted by Gasteiger charge is 2.12. The first-order chi connectivity index (χ1) is 11.8. The lowest BCUT2D eigenvalue weighted by molar-refractivity contribution is 1.71. The van der Waals surface area contributed by atoms with E-state index in [9.17, 15) is 0 Å². The minimum atomic E-state index is 1.09. The summed E-state index contributed by atoms with van der Waals surface area (Å²) in [7, 11) is 0. The van der Waals surface area contributed by atoms with Crippen LogP contribution in [0, 0.1) is 23.7 Å². The van der Waals surface area contributed by atoms with Gasteiger partial charge in [-0.15, -0.1) is 11.8 Å². The van der Waals surface area contributed by atoms with Crippen molar-refractivity contribution in [2.24, 2.45) is 0 Å². The van der Waals surface area contributed by atoms with Crippen molar-refractivity contribution < 1.29 is 0 Å². The molecule has 4 aromatic rings. The second-order valence-corrected chi connectivity index (χ2v) is 5.79. The largest absolute Gasteiger partial charge is 0.101 e. The molecule has 24 heavy (non-hydrogen) atoms. The maximum atomic E-state index is 3.33. The molecule has 0 spiro atoms. The predicted octanol–water partition coefficient (Wildman–Crippen LogP) is 5.89. The average Bonchev–Trinajstić information content (AvgIpc) is 2.63. The van der Waals surface area contributed by atoms with Crippen LogP contribution in [0.1, 0.15) is 25.0 Å². The molecule has 0 heteroatoms. The summed E-state index contributed by atoms with van der Waals surface area (Å²) in [6.45, 7) is 3.78. The van der Waals surface area contributed by atoms with E-state index in [1.54, 1.807) is 0 Å². The molecule has 0 bridgehead atoms. The molecule has 0 nitrogen and oxygen atoms in total. The molecule has 4 aromatic carbocycles. The molecule has 0 radical (unpaired) electrons. The van der Waals surface area contributed by atoms with Gasteiger partial charge in [-0.05, 0) is 58.3 Å². The van der Waals surface area contributed by atoms with Gasteiger partial charge in [0.05, 0.1) is 0 Å². The van der Waals surface area contributed by atoms with E-state index in [1.807, 2.05) is 13.8 Å². The first kappa shape index (κ1) is 14.4. The summed E-state index contributed by atoms with van der Waals surface area (Å²) in [5, 5.41) is 7.17. The molecule has 0 amide bonds. The number of hydrogen-bond donors (Lipinski definition) is 0. The van der Waals surface area contributed by atoms with Gasteiger partial charge in [0.15, 0.2) is 0 Å². The van der Waals surface area contributed by atoms with Crippen LogP contribution in [0.3, 0.4) is 0 Å². The molecule has 112 valence electrons. The van der Waals surface area contributed by atoms with Crippen LogP contribution in [0.25, 0.3) is 32.3 Å². The summed E-state index contributed by atoms with van der Waals surface area (Å²) >= 11 is 0. The number of rotatable bonds is 0. The minimum Gasteiger partial charge on any atom is -0.101 e. The van der Waals surface area contributed by atoms with E-state index in [0.717, 1.165) is 11.1 Å². The molecule has 0 aliphatic heterocycles. The normalized spacial score (nSPS) is 10.2. The van der Waals surface area contributed by atoms with Gasteiger partial charge in [-0.3, -0.25) is 0 Å². The van der Waals surface area contributed by atoms with E-state index in [1.165, 1.54) is 32.3 Å². The van der Waals surface area contributed by atoms with Crippen molar-refractivity contribution in [1.82, 2.24) is 0 Å². The van der Waals surface area contributed by atoms with Gasteiger partial charge in [0.1, 0.15) is 0 Å². The Morgan fingerprint density at radius 3 is 1.38 bits per heavy atom. The lowest BCUT2D eigenvalue weighted by Gasteiger charge is -2.12. The Hall–Kier alpha value is -3.22. The van der Waals surface area contributed by atoms with E-state index >= 15 is 0 Å². The number of fused-ring (bicyclic) bond motifs is 3. The molecule has 0 aromatic heterocycles. The Labute approximate surface area is 142 Å². The van der Waals surface area contributed by atoms with E-state index in [-0.39, 0.29) is 0 Å².